The molecular formula is C13H19N3OS. The average molecular weight is 265 g/mol. The van der Waals surface area contributed by atoms with Crippen molar-refractivity contribution < 1.29 is 4.79 Å². The largest absolute Gasteiger partial charge is 0.351 e. The molecule has 2 rings (SSSR count). The van der Waals surface area contributed by atoms with Gasteiger partial charge in [0.15, 0.2) is 0 Å². The number of carbonyl (C=O) groups is 1. The second-order valence-electron chi connectivity index (χ2n) is 4.42. The van der Waals surface area contributed by atoms with Gasteiger partial charge in [-0.05, 0) is 31.5 Å². The van der Waals surface area contributed by atoms with E-state index in [1.165, 1.54) is 0 Å². The van der Waals surface area contributed by atoms with Gasteiger partial charge in [-0.3, -0.25) is 9.78 Å². The first kappa shape index (κ1) is 13.4. The van der Waals surface area contributed by atoms with Crippen molar-refractivity contribution in [2.75, 3.05) is 18.8 Å². The molecule has 1 saturated heterocycles. The highest BCUT2D eigenvalue weighted by Crippen LogP contribution is 2.09. The van der Waals surface area contributed by atoms with Crippen LogP contribution < -0.4 is 10.6 Å². The summed E-state index contributed by atoms with van der Waals surface area (Å²) in [4.78, 5) is 16.0. The minimum absolute atomic E-state index is 0.129. The van der Waals surface area contributed by atoms with Crippen LogP contribution in [0.5, 0.6) is 0 Å². The number of hydrogen-bond acceptors (Lipinski definition) is 4. The van der Waals surface area contributed by atoms with Gasteiger partial charge in [0.1, 0.15) is 0 Å². The minimum Gasteiger partial charge on any atom is -0.351 e. The molecule has 2 heterocycles. The minimum atomic E-state index is 0.129. The Morgan fingerprint density at radius 3 is 3.22 bits per heavy atom. The van der Waals surface area contributed by atoms with Gasteiger partial charge in [-0.25, -0.2) is 0 Å². The molecule has 0 radical (unpaired) electrons. The standard InChI is InChI=1S/C13H19N3OS/c17-13(16-11-5-3-6-14-8-11)10-18-9-12-4-1-2-7-15-12/h1-2,4,7,11,14H,3,5-6,8-10H2,(H,16,17). The van der Waals surface area contributed by atoms with Gasteiger partial charge in [-0.1, -0.05) is 6.07 Å². The van der Waals surface area contributed by atoms with Crippen molar-refractivity contribution in [2.24, 2.45) is 0 Å². The highest BCUT2D eigenvalue weighted by Gasteiger charge is 2.14. The molecule has 4 nitrogen and oxygen atoms in total. The first-order valence-electron chi connectivity index (χ1n) is 6.32. The van der Waals surface area contributed by atoms with Gasteiger partial charge in [-0.2, -0.15) is 0 Å². The molecule has 18 heavy (non-hydrogen) atoms. The first-order valence-corrected chi connectivity index (χ1v) is 7.48. The zero-order chi connectivity index (χ0) is 12.6. The van der Waals surface area contributed by atoms with Crippen molar-refractivity contribution in [3.05, 3.63) is 30.1 Å². The van der Waals surface area contributed by atoms with Crippen molar-refractivity contribution in [1.29, 1.82) is 0 Å². The molecule has 0 spiro atoms. The molecule has 2 N–H and O–H groups in total. The second-order valence-corrected chi connectivity index (χ2v) is 5.41. The first-order chi connectivity index (χ1) is 8.84. The van der Waals surface area contributed by atoms with E-state index in [-0.39, 0.29) is 5.91 Å². The molecule has 1 unspecified atom stereocenters. The predicted molar refractivity (Wildman–Crippen MR) is 74.4 cm³/mol. The summed E-state index contributed by atoms with van der Waals surface area (Å²) in [6, 6.07) is 6.16. The van der Waals surface area contributed by atoms with Crippen LogP contribution in [0.3, 0.4) is 0 Å². The molecule has 0 aliphatic carbocycles. The van der Waals surface area contributed by atoms with Gasteiger partial charge >= 0.3 is 0 Å². The monoisotopic (exact) mass is 265 g/mol. The van der Waals surface area contributed by atoms with E-state index in [2.05, 4.69) is 15.6 Å². The Morgan fingerprint density at radius 1 is 1.56 bits per heavy atom. The quantitative estimate of drug-likeness (QED) is 0.839. The van der Waals surface area contributed by atoms with Crippen LogP contribution in [0.25, 0.3) is 0 Å². The number of piperidine rings is 1. The van der Waals surface area contributed by atoms with Gasteiger partial charge in [0.2, 0.25) is 5.91 Å². The number of pyridine rings is 1. The molecule has 1 atom stereocenters. The third kappa shape index (κ3) is 4.66. The number of carbonyl (C=O) groups excluding carboxylic acids is 1. The van der Waals surface area contributed by atoms with E-state index in [0.717, 1.165) is 37.4 Å². The molecule has 1 fully saturated rings. The van der Waals surface area contributed by atoms with E-state index in [1.54, 1.807) is 18.0 Å². The van der Waals surface area contributed by atoms with Crippen molar-refractivity contribution in [3.63, 3.8) is 0 Å². The van der Waals surface area contributed by atoms with E-state index in [1.807, 2.05) is 18.2 Å². The third-order valence-electron chi connectivity index (χ3n) is 2.87. The lowest BCUT2D eigenvalue weighted by Crippen LogP contribution is -2.46. The number of amides is 1. The molecular weight excluding hydrogens is 246 g/mol. The van der Waals surface area contributed by atoms with E-state index in [0.29, 0.717) is 11.8 Å². The summed E-state index contributed by atoms with van der Waals surface area (Å²) in [6.07, 6.45) is 4.01. The van der Waals surface area contributed by atoms with Crippen molar-refractivity contribution in [3.8, 4) is 0 Å². The van der Waals surface area contributed by atoms with E-state index in [4.69, 9.17) is 0 Å². The molecule has 1 aliphatic rings. The highest BCUT2D eigenvalue weighted by atomic mass is 32.2. The van der Waals surface area contributed by atoms with Crippen molar-refractivity contribution in [1.82, 2.24) is 15.6 Å². The fourth-order valence-electron chi connectivity index (χ4n) is 1.98. The van der Waals surface area contributed by atoms with Crippen LogP contribution in [0.1, 0.15) is 18.5 Å². The maximum Gasteiger partial charge on any atom is 0.230 e. The molecule has 0 aromatic carbocycles. The van der Waals surface area contributed by atoms with Crippen LogP contribution in [-0.4, -0.2) is 35.8 Å². The summed E-state index contributed by atoms with van der Waals surface area (Å²) in [5.41, 5.74) is 1.02. The molecule has 5 heteroatoms. The second kappa shape index (κ2) is 7.38. The van der Waals surface area contributed by atoms with Crippen LogP contribution in [-0.2, 0) is 10.5 Å². The maximum absolute atomic E-state index is 11.7. The molecule has 1 aromatic rings. The van der Waals surface area contributed by atoms with E-state index < -0.39 is 0 Å². The van der Waals surface area contributed by atoms with Crippen LogP contribution >= 0.6 is 11.8 Å². The van der Waals surface area contributed by atoms with Gasteiger partial charge in [0.05, 0.1) is 11.4 Å². The predicted octanol–water partition coefficient (Wildman–Crippen LogP) is 1.18. The van der Waals surface area contributed by atoms with Gasteiger partial charge in [0.25, 0.3) is 0 Å². The molecule has 0 saturated carbocycles. The smallest absolute Gasteiger partial charge is 0.230 e. The fourth-order valence-corrected chi connectivity index (χ4v) is 2.73. The fraction of sp³-hybridized carbons (Fsp3) is 0.538. The number of thioether (sulfide) groups is 1. The lowest BCUT2D eigenvalue weighted by atomic mass is 10.1. The number of nitrogens with one attached hydrogen (secondary N) is 2. The van der Waals surface area contributed by atoms with Crippen LogP contribution in [0.15, 0.2) is 24.4 Å². The Bertz CT molecular complexity index is 366. The lowest BCUT2D eigenvalue weighted by Gasteiger charge is -2.23. The summed E-state index contributed by atoms with van der Waals surface area (Å²) in [5.74, 6) is 1.43. The van der Waals surface area contributed by atoms with Crippen molar-refractivity contribution >= 4 is 17.7 Å². The molecule has 98 valence electrons. The normalized spacial score (nSPS) is 19.4. The topological polar surface area (TPSA) is 54.0 Å². The number of rotatable bonds is 5. The zero-order valence-electron chi connectivity index (χ0n) is 10.4. The summed E-state index contributed by atoms with van der Waals surface area (Å²) in [7, 11) is 0. The maximum atomic E-state index is 11.7. The van der Waals surface area contributed by atoms with Crippen molar-refractivity contribution in [2.45, 2.75) is 24.6 Å². The van der Waals surface area contributed by atoms with Gasteiger partial charge < -0.3 is 10.6 Å². The third-order valence-corrected chi connectivity index (χ3v) is 3.84. The van der Waals surface area contributed by atoms with Crippen LogP contribution in [0, 0.1) is 0 Å². The highest BCUT2D eigenvalue weighted by molar-refractivity contribution is 7.99. The zero-order valence-corrected chi connectivity index (χ0v) is 11.2. The Labute approximate surface area is 112 Å². The summed E-state index contributed by atoms with van der Waals surface area (Å²) >= 11 is 1.61. The molecule has 1 aliphatic heterocycles. The summed E-state index contributed by atoms with van der Waals surface area (Å²) < 4.78 is 0. The molecule has 0 bridgehead atoms. The SMILES string of the molecule is O=C(CSCc1ccccn1)NC1CCCNC1. The Hall–Kier alpha value is -1.07. The number of hydrogen-bond donors (Lipinski definition) is 2. The molecule has 1 aromatic heterocycles. The average Bonchev–Trinajstić information content (AvgIpc) is 2.41. The Morgan fingerprint density at radius 2 is 2.50 bits per heavy atom. The van der Waals surface area contributed by atoms with E-state index >= 15 is 0 Å². The van der Waals surface area contributed by atoms with Crippen LogP contribution in [0.2, 0.25) is 0 Å². The number of aromatic nitrogens is 1. The van der Waals surface area contributed by atoms with Crippen LogP contribution in [0.4, 0.5) is 0 Å². The Kier molecular flexibility index (Phi) is 5.48. The number of nitrogens with zero attached hydrogens (tertiary/aromatic N) is 1. The van der Waals surface area contributed by atoms with Gasteiger partial charge in [-0.15, -0.1) is 11.8 Å². The van der Waals surface area contributed by atoms with E-state index in [9.17, 15) is 4.79 Å². The summed E-state index contributed by atoms with van der Waals surface area (Å²) in [5, 5.41) is 6.35. The summed E-state index contributed by atoms with van der Waals surface area (Å²) in [6.45, 7) is 1.97. The molecule has 1 amide bonds. The van der Waals surface area contributed by atoms with Gasteiger partial charge in [0, 0.05) is 24.5 Å². The lowest BCUT2D eigenvalue weighted by molar-refractivity contribution is -0.119. The Balaban J connectivity index is 1.62.